The number of aryl methyl sites for hydroxylation is 1. The molecular weight excluding hydrogens is 455 g/mol. The quantitative estimate of drug-likeness (QED) is 0.324. The molecule has 0 saturated heterocycles. The molecule has 0 spiro atoms. The highest BCUT2D eigenvalue weighted by Gasteiger charge is 2.18. The maximum atomic E-state index is 13.6. The van der Waals surface area contributed by atoms with Gasteiger partial charge in [-0.05, 0) is 59.7 Å². The van der Waals surface area contributed by atoms with Gasteiger partial charge in [-0.3, -0.25) is 10.0 Å². The predicted octanol–water partition coefficient (Wildman–Crippen LogP) is 4.73. The van der Waals surface area contributed by atoms with Crippen molar-refractivity contribution in [2.24, 2.45) is 7.05 Å². The molecule has 1 amide bonds. The van der Waals surface area contributed by atoms with Crippen LogP contribution in [0, 0.1) is 5.82 Å². The van der Waals surface area contributed by atoms with Crippen LogP contribution in [0.1, 0.15) is 15.9 Å². The zero-order valence-corrected chi connectivity index (χ0v) is 18.4. The lowest BCUT2D eigenvalue weighted by Crippen LogP contribution is -2.18. The van der Waals surface area contributed by atoms with E-state index in [4.69, 9.17) is 16.8 Å². The Bertz CT molecular complexity index is 1450. The highest BCUT2D eigenvalue weighted by Crippen LogP contribution is 2.33. The molecule has 0 saturated carbocycles. The summed E-state index contributed by atoms with van der Waals surface area (Å²) >= 11 is 5.95. The third-order valence-corrected chi connectivity index (χ3v) is 7.21. The van der Waals surface area contributed by atoms with Gasteiger partial charge in [0.15, 0.2) is 9.84 Å². The van der Waals surface area contributed by atoms with Crippen LogP contribution in [0.5, 0.6) is 0 Å². The predicted molar refractivity (Wildman–Crippen MR) is 120 cm³/mol. The minimum atomic E-state index is -3.69. The first kappa shape index (κ1) is 22.0. The Kier molecular flexibility index (Phi) is 5.77. The summed E-state index contributed by atoms with van der Waals surface area (Å²) < 4.78 is 41.3. The van der Waals surface area contributed by atoms with E-state index in [1.165, 1.54) is 35.8 Å². The first-order valence-electron chi connectivity index (χ1n) is 9.50. The molecule has 0 aliphatic heterocycles. The maximum absolute atomic E-state index is 13.6. The third kappa shape index (κ3) is 4.12. The van der Waals surface area contributed by atoms with Crippen molar-refractivity contribution in [3.8, 4) is 11.1 Å². The molecule has 0 unspecified atom stereocenters. The number of benzene rings is 3. The van der Waals surface area contributed by atoms with E-state index in [2.05, 4.69) is 0 Å². The molecule has 9 heteroatoms. The van der Waals surface area contributed by atoms with Crippen LogP contribution in [0.4, 0.5) is 4.39 Å². The van der Waals surface area contributed by atoms with Crippen LogP contribution in [-0.4, -0.2) is 24.1 Å². The average Bonchev–Trinajstić information content (AvgIpc) is 3.10. The molecule has 0 atom stereocenters. The van der Waals surface area contributed by atoms with Crippen LogP contribution in [0.2, 0.25) is 5.02 Å². The van der Waals surface area contributed by atoms with Gasteiger partial charge in [0.25, 0.3) is 5.91 Å². The molecule has 0 fully saturated rings. The molecule has 4 aromatic rings. The first-order chi connectivity index (χ1) is 15.2. The van der Waals surface area contributed by atoms with Crippen LogP contribution in [-0.2, 0) is 22.6 Å². The zero-order valence-electron chi connectivity index (χ0n) is 16.8. The number of carbonyl (C=O) groups excluding carboxylic acids is 1. The SMILES string of the molecule is Cn1cc(-c2ccc(F)c(Cl)c2)c2cc(CS(=O)(=O)c3ccc(C(=O)NO)cc3)ccc21. The highest BCUT2D eigenvalue weighted by atomic mass is 35.5. The number of hydrogen-bond acceptors (Lipinski definition) is 4. The van der Waals surface area contributed by atoms with E-state index < -0.39 is 21.6 Å². The molecular formula is C23H18ClFN2O4S. The molecule has 4 rings (SSSR count). The van der Waals surface area contributed by atoms with Crippen molar-refractivity contribution in [1.29, 1.82) is 0 Å². The van der Waals surface area contributed by atoms with Gasteiger partial charge in [0.05, 0.1) is 15.7 Å². The summed E-state index contributed by atoms with van der Waals surface area (Å²) in [6.45, 7) is 0. The van der Waals surface area contributed by atoms with E-state index >= 15 is 0 Å². The van der Waals surface area contributed by atoms with Gasteiger partial charge in [0, 0.05) is 35.3 Å². The van der Waals surface area contributed by atoms with Crippen molar-refractivity contribution in [3.05, 3.63) is 88.8 Å². The molecule has 2 N–H and O–H groups in total. The number of nitrogens with one attached hydrogen (secondary N) is 1. The summed E-state index contributed by atoms with van der Waals surface area (Å²) in [4.78, 5) is 11.5. The summed E-state index contributed by atoms with van der Waals surface area (Å²) in [6.07, 6.45) is 1.89. The molecule has 6 nitrogen and oxygen atoms in total. The van der Waals surface area contributed by atoms with Crippen LogP contribution in [0.25, 0.3) is 22.0 Å². The fourth-order valence-electron chi connectivity index (χ4n) is 3.60. The van der Waals surface area contributed by atoms with Crippen molar-refractivity contribution >= 4 is 38.2 Å². The summed E-state index contributed by atoms with van der Waals surface area (Å²) in [6, 6.07) is 15.2. The van der Waals surface area contributed by atoms with Gasteiger partial charge in [-0.15, -0.1) is 0 Å². The van der Waals surface area contributed by atoms with Gasteiger partial charge in [-0.1, -0.05) is 23.7 Å². The van der Waals surface area contributed by atoms with Crippen LogP contribution >= 0.6 is 11.6 Å². The number of carbonyl (C=O) groups is 1. The monoisotopic (exact) mass is 472 g/mol. The van der Waals surface area contributed by atoms with Crippen molar-refractivity contribution in [2.75, 3.05) is 0 Å². The van der Waals surface area contributed by atoms with E-state index in [1.54, 1.807) is 24.3 Å². The second kappa shape index (κ2) is 8.38. The topological polar surface area (TPSA) is 88.4 Å². The Morgan fingerprint density at radius 2 is 1.81 bits per heavy atom. The number of fused-ring (bicyclic) bond motifs is 1. The highest BCUT2D eigenvalue weighted by molar-refractivity contribution is 7.90. The standard InChI is InChI=1S/C23H18ClFN2O4S/c1-27-12-19(16-5-8-21(25)20(24)11-16)18-10-14(2-9-22(18)27)13-32(30,31)17-6-3-15(4-7-17)23(28)26-29/h2-12,29H,13H2,1H3,(H,26,28). The Labute approximate surface area is 188 Å². The van der Waals surface area contributed by atoms with Gasteiger partial charge < -0.3 is 4.57 Å². The van der Waals surface area contributed by atoms with Gasteiger partial charge in [0.2, 0.25) is 0 Å². The van der Waals surface area contributed by atoms with E-state index in [9.17, 15) is 17.6 Å². The van der Waals surface area contributed by atoms with Crippen LogP contribution in [0.3, 0.4) is 0 Å². The second-order valence-electron chi connectivity index (χ2n) is 7.36. The first-order valence-corrected chi connectivity index (χ1v) is 11.5. The number of hydrogen-bond donors (Lipinski definition) is 2. The van der Waals surface area contributed by atoms with Crippen LogP contribution in [0.15, 0.2) is 71.8 Å². The number of amides is 1. The Morgan fingerprint density at radius 1 is 1.09 bits per heavy atom. The summed E-state index contributed by atoms with van der Waals surface area (Å²) in [5, 5.41) is 9.52. The molecule has 0 aliphatic carbocycles. The van der Waals surface area contributed by atoms with Crippen molar-refractivity contribution < 1.29 is 22.8 Å². The average molecular weight is 473 g/mol. The lowest BCUT2D eigenvalue weighted by Gasteiger charge is -2.07. The smallest absolute Gasteiger partial charge is 0.274 e. The Balaban J connectivity index is 1.70. The number of sulfone groups is 1. The fourth-order valence-corrected chi connectivity index (χ4v) is 5.12. The number of nitrogens with zero attached hydrogens (tertiary/aromatic N) is 1. The number of rotatable bonds is 5. The fraction of sp³-hybridized carbons (Fsp3) is 0.0870. The summed E-state index contributed by atoms with van der Waals surface area (Å²) in [5.74, 6) is -1.48. The number of halogens is 2. The van der Waals surface area contributed by atoms with Crippen LogP contribution < -0.4 is 5.48 Å². The Morgan fingerprint density at radius 3 is 2.47 bits per heavy atom. The minimum Gasteiger partial charge on any atom is -0.350 e. The van der Waals surface area contributed by atoms with E-state index in [0.717, 1.165) is 22.0 Å². The third-order valence-electron chi connectivity index (χ3n) is 5.22. The van der Waals surface area contributed by atoms with Gasteiger partial charge >= 0.3 is 0 Å². The Hall–Kier alpha value is -3.20. The van der Waals surface area contributed by atoms with Gasteiger partial charge in [-0.25, -0.2) is 18.3 Å². The molecule has 32 heavy (non-hydrogen) atoms. The van der Waals surface area contributed by atoms with Crippen molar-refractivity contribution in [1.82, 2.24) is 10.0 Å². The van der Waals surface area contributed by atoms with E-state index in [1.807, 2.05) is 23.9 Å². The molecule has 1 heterocycles. The maximum Gasteiger partial charge on any atom is 0.274 e. The van der Waals surface area contributed by atoms with E-state index in [-0.39, 0.29) is 21.2 Å². The molecule has 3 aromatic carbocycles. The summed E-state index contributed by atoms with van der Waals surface area (Å²) in [5.41, 5.74) is 4.64. The van der Waals surface area contributed by atoms with Crippen molar-refractivity contribution in [3.63, 3.8) is 0 Å². The molecule has 0 radical (unpaired) electrons. The molecule has 1 aromatic heterocycles. The van der Waals surface area contributed by atoms with Crippen molar-refractivity contribution in [2.45, 2.75) is 10.6 Å². The van der Waals surface area contributed by atoms with Gasteiger partial charge in [-0.2, -0.15) is 0 Å². The minimum absolute atomic E-state index is 0.0107. The number of hydroxylamine groups is 1. The molecule has 164 valence electrons. The largest absolute Gasteiger partial charge is 0.350 e. The normalized spacial score (nSPS) is 11.6. The second-order valence-corrected chi connectivity index (χ2v) is 9.76. The number of aromatic nitrogens is 1. The summed E-state index contributed by atoms with van der Waals surface area (Å²) in [7, 11) is -1.81. The molecule has 0 bridgehead atoms. The zero-order chi connectivity index (χ0) is 23.0. The lowest BCUT2D eigenvalue weighted by atomic mass is 10.0. The lowest BCUT2D eigenvalue weighted by molar-refractivity contribution is 0.0706. The molecule has 0 aliphatic rings. The van der Waals surface area contributed by atoms with E-state index in [0.29, 0.717) is 5.56 Å². The van der Waals surface area contributed by atoms with Gasteiger partial charge in [0.1, 0.15) is 5.82 Å².